The van der Waals surface area contributed by atoms with E-state index in [-0.39, 0.29) is 12.6 Å². The van der Waals surface area contributed by atoms with Crippen LogP contribution in [0, 0.1) is 0 Å². The van der Waals surface area contributed by atoms with Gasteiger partial charge in [-0.05, 0) is 31.4 Å². The minimum atomic E-state index is -3.60. The van der Waals surface area contributed by atoms with Gasteiger partial charge in [0.05, 0.1) is 12.8 Å². The van der Waals surface area contributed by atoms with Crippen molar-refractivity contribution in [2.75, 3.05) is 18.4 Å². The van der Waals surface area contributed by atoms with Crippen LogP contribution in [0.2, 0.25) is 0 Å². The van der Waals surface area contributed by atoms with Crippen molar-refractivity contribution in [1.82, 2.24) is 4.31 Å². The van der Waals surface area contributed by atoms with Crippen LogP contribution in [0.15, 0.2) is 18.2 Å². The molecule has 1 aromatic carbocycles. The normalized spacial score (nSPS) is 20.2. The minimum Gasteiger partial charge on any atom is -0.495 e. The van der Waals surface area contributed by atoms with Crippen molar-refractivity contribution in [2.45, 2.75) is 38.8 Å². The summed E-state index contributed by atoms with van der Waals surface area (Å²) in [6.07, 6.45) is 2.84. The average Bonchev–Trinajstić information content (AvgIpc) is 2.47. The van der Waals surface area contributed by atoms with Crippen LogP contribution in [-0.4, -0.2) is 32.4 Å². The molecule has 3 N–H and O–H groups in total. The Bertz CT molecular complexity index is 567. The highest BCUT2D eigenvalue weighted by Crippen LogP contribution is 2.30. The number of piperidine rings is 1. The summed E-state index contributed by atoms with van der Waals surface area (Å²) >= 11 is 0. The number of methoxy groups -OCH3 is 1. The molecule has 0 saturated carbocycles. The first-order chi connectivity index (χ1) is 9.99. The number of nitrogens with zero attached hydrogens (tertiary/aromatic N) is 1. The monoisotopic (exact) mass is 313 g/mol. The summed E-state index contributed by atoms with van der Waals surface area (Å²) in [6.45, 7) is 2.72. The lowest BCUT2D eigenvalue weighted by molar-refractivity contribution is 0.270. The third-order valence-corrected chi connectivity index (χ3v) is 5.46. The number of anilines is 1. The molecule has 118 valence electrons. The van der Waals surface area contributed by atoms with Crippen molar-refractivity contribution in [3.63, 3.8) is 0 Å². The highest BCUT2D eigenvalue weighted by Gasteiger charge is 2.30. The maximum atomic E-state index is 12.6. The van der Waals surface area contributed by atoms with Gasteiger partial charge < -0.3 is 10.5 Å². The maximum absolute atomic E-state index is 12.6. The molecule has 1 fully saturated rings. The van der Waals surface area contributed by atoms with Crippen molar-refractivity contribution in [2.24, 2.45) is 5.73 Å². The molecule has 2 rings (SSSR count). The predicted octanol–water partition coefficient (Wildman–Crippen LogP) is 1.68. The largest absolute Gasteiger partial charge is 0.495 e. The van der Waals surface area contributed by atoms with Gasteiger partial charge in [-0.15, -0.1) is 0 Å². The van der Waals surface area contributed by atoms with Gasteiger partial charge in [-0.1, -0.05) is 18.6 Å². The molecule has 1 aliphatic rings. The number of benzene rings is 1. The van der Waals surface area contributed by atoms with Gasteiger partial charge in [0.15, 0.2) is 0 Å². The average molecular weight is 313 g/mol. The van der Waals surface area contributed by atoms with E-state index in [9.17, 15) is 8.42 Å². The Kier molecular flexibility index (Phi) is 5.08. The summed E-state index contributed by atoms with van der Waals surface area (Å²) in [5, 5.41) is 0. The Morgan fingerprint density at radius 3 is 2.81 bits per heavy atom. The quantitative estimate of drug-likeness (QED) is 0.866. The third kappa shape index (κ3) is 3.48. The zero-order valence-corrected chi connectivity index (χ0v) is 13.3. The van der Waals surface area contributed by atoms with E-state index in [4.69, 9.17) is 10.5 Å². The smallest absolute Gasteiger partial charge is 0.302 e. The molecule has 1 heterocycles. The standard InChI is InChI=1S/C14H23N3O3S/c1-11-6-3-4-9-17(11)21(18,19)16-14-12(10-15)7-5-8-13(14)20-2/h5,7-8,11,16H,3-4,6,9-10,15H2,1-2H3. The van der Waals surface area contributed by atoms with Crippen molar-refractivity contribution in [3.8, 4) is 5.75 Å². The second kappa shape index (κ2) is 6.64. The second-order valence-electron chi connectivity index (χ2n) is 5.26. The molecule has 0 aromatic heterocycles. The fraction of sp³-hybridized carbons (Fsp3) is 0.571. The summed E-state index contributed by atoms with van der Waals surface area (Å²) in [5.41, 5.74) is 6.84. The summed E-state index contributed by atoms with van der Waals surface area (Å²) in [5.74, 6) is 0.478. The van der Waals surface area contributed by atoms with E-state index in [0.29, 0.717) is 23.5 Å². The number of nitrogens with one attached hydrogen (secondary N) is 1. The molecule has 6 nitrogen and oxygen atoms in total. The Hall–Kier alpha value is -1.31. The lowest BCUT2D eigenvalue weighted by atomic mass is 10.1. The van der Waals surface area contributed by atoms with Crippen LogP contribution in [0.1, 0.15) is 31.7 Å². The minimum absolute atomic E-state index is 0.00674. The highest BCUT2D eigenvalue weighted by molar-refractivity contribution is 7.90. The van der Waals surface area contributed by atoms with Crippen molar-refractivity contribution >= 4 is 15.9 Å². The summed E-state index contributed by atoms with van der Waals surface area (Å²) in [7, 11) is -2.09. The highest BCUT2D eigenvalue weighted by atomic mass is 32.2. The second-order valence-corrected chi connectivity index (χ2v) is 6.88. The van der Waals surface area contributed by atoms with Crippen molar-refractivity contribution in [3.05, 3.63) is 23.8 Å². The van der Waals surface area contributed by atoms with E-state index in [0.717, 1.165) is 19.3 Å². The van der Waals surface area contributed by atoms with Gasteiger partial charge in [0.1, 0.15) is 5.75 Å². The lowest BCUT2D eigenvalue weighted by Gasteiger charge is -2.32. The topological polar surface area (TPSA) is 84.7 Å². The summed E-state index contributed by atoms with van der Waals surface area (Å²) in [4.78, 5) is 0. The van der Waals surface area contributed by atoms with E-state index in [1.165, 1.54) is 11.4 Å². The number of nitrogens with two attached hydrogens (primary N) is 1. The lowest BCUT2D eigenvalue weighted by Crippen LogP contribution is -2.45. The molecule has 1 saturated heterocycles. The van der Waals surface area contributed by atoms with Gasteiger partial charge in [-0.2, -0.15) is 12.7 Å². The zero-order chi connectivity index (χ0) is 15.5. The zero-order valence-electron chi connectivity index (χ0n) is 12.5. The maximum Gasteiger partial charge on any atom is 0.302 e. The molecule has 0 bridgehead atoms. The number of para-hydroxylation sites is 1. The van der Waals surface area contributed by atoms with Crippen LogP contribution in [0.25, 0.3) is 0 Å². The van der Waals surface area contributed by atoms with E-state index < -0.39 is 10.2 Å². The van der Waals surface area contributed by atoms with Gasteiger partial charge in [0.25, 0.3) is 0 Å². The Morgan fingerprint density at radius 2 is 2.19 bits per heavy atom. The molecule has 1 aromatic rings. The number of rotatable bonds is 5. The molecule has 0 spiro atoms. The van der Waals surface area contributed by atoms with Crippen LogP contribution < -0.4 is 15.2 Å². The van der Waals surface area contributed by atoms with E-state index >= 15 is 0 Å². The SMILES string of the molecule is COc1cccc(CN)c1NS(=O)(=O)N1CCCCC1C. The first-order valence-electron chi connectivity index (χ1n) is 7.15. The molecule has 0 aliphatic carbocycles. The first-order valence-corrected chi connectivity index (χ1v) is 8.59. The summed E-state index contributed by atoms with van der Waals surface area (Å²) in [6, 6.07) is 5.31. The van der Waals surface area contributed by atoms with Crippen LogP contribution in [0.3, 0.4) is 0 Å². The fourth-order valence-electron chi connectivity index (χ4n) is 2.65. The molecular formula is C14H23N3O3S. The predicted molar refractivity (Wildman–Crippen MR) is 83.4 cm³/mol. The Balaban J connectivity index is 2.32. The van der Waals surface area contributed by atoms with Gasteiger partial charge in [0.2, 0.25) is 0 Å². The summed E-state index contributed by atoms with van der Waals surface area (Å²) < 4.78 is 34.7. The van der Waals surface area contributed by atoms with Crippen LogP contribution in [-0.2, 0) is 16.8 Å². The van der Waals surface area contributed by atoms with Gasteiger partial charge in [-0.3, -0.25) is 4.72 Å². The number of ether oxygens (including phenoxy) is 1. The molecule has 1 aliphatic heterocycles. The number of hydrogen-bond donors (Lipinski definition) is 2. The molecule has 0 amide bonds. The molecule has 0 radical (unpaired) electrons. The first kappa shape index (κ1) is 16.1. The van der Waals surface area contributed by atoms with Gasteiger partial charge in [-0.25, -0.2) is 0 Å². The van der Waals surface area contributed by atoms with Crippen LogP contribution in [0.5, 0.6) is 5.75 Å². The van der Waals surface area contributed by atoms with Crippen LogP contribution in [0.4, 0.5) is 5.69 Å². The molecule has 1 unspecified atom stereocenters. The van der Waals surface area contributed by atoms with Crippen LogP contribution >= 0.6 is 0 Å². The van der Waals surface area contributed by atoms with Gasteiger partial charge in [0, 0.05) is 19.1 Å². The molecule has 1 atom stereocenters. The Labute approximate surface area is 126 Å². The van der Waals surface area contributed by atoms with Gasteiger partial charge >= 0.3 is 10.2 Å². The Morgan fingerprint density at radius 1 is 1.43 bits per heavy atom. The van der Waals surface area contributed by atoms with Crippen molar-refractivity contribution < 1.29 is 13.2 Å². The number of hydrogen-bond acceptors (Lipinski definition) is 4. The van der Waals surface area contributed by atoms with E-state index in [1.54, 1.807) is 18.2 Å². The fourth-order valence-corrected chi connectivity index (χ4v) is 4.20. The molecule has 21 heavy (non-hydrogen) atoms. The third-order valence-electron chi connectivity index (χ3n) is 3.83. The molecular weight excluding hydrogens is 290 g/mol. The van der Waals surface area contributed by atoms with Crippen molar-refractivity contribution in [1.29, 1.82) is 0 Å². The van der Waals surface area contributed by atoms with E-state index in [2.05, 4.69) is 4.72 Å². The molecule has 7 heteroatoms. The van der Waals surface area contributed by atoms with E-state index in [1.807, 2.05) is 6.92 Å².